The highest BCUT2D eigenvalue weighted by Gasteiger charge is 2.12. The minimum Gasteiger partial charge on any atom is -0.502 e. The van der Waals surface area contributed by atoms with Gasteiger partial charge in [-0.15, -0.1) is 0 Å². The van der Waals surface area contributed by atoms with Gasteiger partial charge < -0.3 is 5.11 Å². The molecule has 2 rings (SSSR count). The van der Waals surface area contributed by atoms with Crippen molar-refractivity contribution in [1.82, 2.24) is 5.43 Å². The Morgan fingerprint density at radius 1 is 1.30 bits per heavy atom. The first kappa shape index (κ1) is 16.6. The van der Waals surface area contributed by atoms with Crippen LogP contribution in [0.15, 0.2) is 52.0 Å². The molecule has 0 aliphatic carbocycles. The standard InChI is InChI=1S/C15H12BrN3O4/c16-12-4-1-10(2-5-12)8-15(21)18-17-9-11-3-6-14(20)13(7-11)19(22)23/h1-7,9,20H,8H2,(H,18,21). The van der Waals surface area contributed by atoms with Gasteiger partial charge in [0.15, 0.2) is 5.75 Å². The first-order valence-corrected chi connectivity index (χ1v) is 7.29. The average Bonchev–Trinajstić information content (AvgIpc) is 2.51. The van der Waals surface area contributed by atoms with Gasteiger partial charge in [0.25, 0.3) is 0 Å². The van der Waals surface area contributed by atoms with Crippen molar-refractivity contribution in [3.63, 3.8) is 0 Å². The fourth-order valence-electron chi connectivity index (χ4n) is 1.77. The van der Waals surface area contributed by atoms with Gasteiger partial charge in [-0.25, -0.2) is 5.43 Å². The van der Waals surface area contributed by atoms with Crippen LogP contribution in [0.1, 0.15) is 11.1 Å². The van der Waals surface area contributed by atoms with E-state index in [1.54, 1.807) is 0 Å². The third-order valence-corrected chi connectivity index (χ3v) is 3.41. The van der Waals surface area contributed by atoms with Crippen molar-refractivity contribution in [2.24, 2.45) is 5.10 Å². The number of rotatable bonds is 5. The Labute approximate surface area is 139 Å². The van der Waals surface area contributed by atoms with Gasteiger partial charge in [0.2, 0.25) is 5.91 Å². The molecular formula is C15H12BrN3O4. The van der Waals surface area contributed by atoms with Crippen molar-refractivity contribution in [1.29, 1.82) is 0 Å². The Morgan fingerprint density at radius 2 is 2.00 bits per heavy atom. The molecule has 0 aromatic heterocycles. The second-order valence-corrected chi connectivity index (χ2v) is 5.52. The molecule has 23 heavy (non-hydrogen) atoms. The fourth-order valence-corrected chi connectivity index (χ4v) is 2.04. The van der Waals surface area contributed by atoms with E-state index in [4.69, 9.17) is 0 Å². The molecule has 0 atom stereocenters. The zero-order chi connectivity index (χ0) is 16.8. The molecule has 0 radical (unpaired) electrons. The number of hydrogen-bond donors (Lipinski definition) is 2. The third kappa shape index (κ3) is 4.89. The number of benzene rings is 2. The Hall–Kier alpha value is -2.74. The van der Waals surface area contributed by atoms with Crippen LogP contribution in [0.5, 0.6) is 5.75 Å². The maximum atomic E-state index is 11.7. The number of phenolic OH excluding ortho intramolecular Hbond substituents is 1. The van der Waals surface area contributed by atoms with Gasteiger partial charge >= 0.3 is 5.69 Å². The summed E-state index contributed by atoms with van der Waals surface area (Å²) < 4.78 is 0.925. The molecule has 2 aromatic rings. The van der Waals surface area contributed by atoms with E-state index < -0.39 is 16.4 Å². The molecular weight excluding hydrogens is 366 g/mol. The highest BCUT2D eigenvalue weighted by Crippen LogP contribution is 2.25. The number of carbonyl (C=O) groups excluding carboxylic acids is 1. The second-order valence-electron chi connectivity index (χ2n) is 4.60. The fraction of sp³-hybridized carbons (Fsp3) is 0.0667. The van der Waals surface area contributed by atoms with Gasteiger partial charge in [-0.1, -0.05) is 28.1 Å². The minimum atomic E-state index is -0.696. The van der Waals surface area contributed by atoms with Crippen LogP contribution >= 0.6 is 15.9 Å². The predicted molar refractivity (Wildman–Crippen MR) is 88.3 cm³/mol. The lowest BCUT2D eigenvalue weighted by molar-refractivity contribution is -0.385. The molecule has 0 fully saturated rings. The zero-order valence-electron chi connectivity index (χ0n) is 11.8. The summed E-state index contributed by atoms with van der Waals surface area (Å²) in [5, 5.41) is 23.8. The van der Waals surface area contributed by atoms with Crippen molar-refractivity contribution in [2.75, 3.05) is 0 Å². The number of amides is 1. The summed E-state index contributed by atoms with van der Waals surface area (Å²) in [6.07, 6.45) is 1.44. The number of nitro benzene ring substituents is 1. The van der Waals surface area contributed by atoms with E-state index in [1.807, 2.05) is 24.3 Å². The highest BCUT2D eigenvalue weighted by atomic mass is 79.9. The topological polar surface area (TPSA) is 105 Å². The summed E-state index contributed by atoms with van der Waals surface area (Å²) in [7, 11) is 0. The second kappa shape index (κ2) is 7.50. The lowest BCUT2D eigenvalue weighted by atomic mass is 10.1. The van der Waals surface area contributed by atoms with Crippen LogP contribution in [0.3, 0.4) is 0 Å². The first-order valence-electron chi connectivity index (χ1n) is 6.49. The number of nitro groups is 1. The molecule has 0 aliphatic rings. The van der Waals surface area contributed by atoms with E-state index in [9.17, 15) is 20.0 Å². The monoisotopic (exact) mass is 377 g/mol. The summed E-state index contributed by atoms with van der Waals surface area (Å²) in [4.78, 5) is 21.7. The van der Waals surface area contributed by atoms with E-state index in [-0.39, 0.29) is 12.3 Å². The lowest BCUT2D eigenvalue weighted by Gasteiger charge is -2.01. The van der Waals surface area contributed by atoms with Gasteiger partial charge in [-0.05, 0) is 29.8 Å². The van der Waals surface area contributed by atoms with Crippen molar-refractivity contribution in [3.8, 4) is 5.75 Å². The number of nitrogens with zero attached hydrogens (tertiary/aromatic N) is 2. The number of hydrazone groups is 1. The molecule has 0 spiro atoms. The maximum Gasteiger partial charge on any atom is 0.311 e. The van der Waals surface area contributed by atoms with Gasteiger partial charge in [0.1, 0.15) is 0 Å². The number of hydrogen-bond acceptors (Lipinski definition) is 5. The van der Waals surface area contributed by atoms with Gasteiger partial charge in [0.05, 0.1) is 17.6 Å². The number of halogens is 1. The van der Waals surface area contributed by atoms with Crippen LogP contribution < -0.4 is 5.43 Å². The molecule has 0 aliphatic heterocycles. The van der Waals surface area contributed by atoms with Crippen LogP contribution in [0, 0.1) is 10.1 Å². The van der Waals surface area contributed by atoms with E-state index in [0.717, 1.165) is 10.0 Å². The molecule has 8 heteroatoms. The number of phenols is 1. The molecule has 0 unspecified atom stereocenters. The van der Waals surface area contributed by atoms with Gasteiger partial charge in [-0.3, -0.25) is 14.9 Å². The molecule has 118 valence electrons. The van der Waals surface area contributed by atoms with Crippen LogP contribution in [0.4, 0.5) is 5.69 Å². The lowest BCUT2D eigenvalue weighted by Crippen LogP contribution is -2.19. The number of carbonyl (C=O) groups is 1. The average molecular weight is 378 g/mol. The van der Waals surface area contributed by atoms with Crippen molar-refractivity contribution in [2.45, 2.75) is 6.42 Å². The summed E-state index contributed by atoms with van der Waals surface area (Å²) in [5.41, 5.74) is 3.14. The molecule has 0 bridgehead atoms. The highest BCUT2D eigenvalue weighted by molar-refractivity contribution is 9.10. The molecule has 0 saturated carbocycles. The Balaban J connectivity index is 1.96. The van der Waals surface area contributed by atoms with E-state index in [2.05, 4.69) is 26.5 Å². The maximum absolute atomic E-state index is 11.7. The first-order chi connectivity index (χ1) is 11.0. The third-order valence-electron chi connectivity index (χ3n) is 2.88. The SMILES string of the molecule is O=C(Cc1ccc(Br)cc1)NN=Cc1ccc(O)c([N+](=O)[O-])c1. The van der Waals surface area contributed by atoms with E-state index in [1.165, 1.54) is 24.4 Å². The largest absolute Gasteiger partial charge is 0.502 e. The van der Waals surface area contributed by atoms with Crippen molar-refractivity contribution in [3.05, 3.63) is 68.2 Å². The summed E-state index contributed by atoms with van der Waals surface area (Å²) in [5.74, 6) is -0.733. The molecule has 0 saturated heterocycles. The summed E-state index contributed by atoms with van der Waals surface area (Å²) in [6.45, 7) is 0. The Morgan fingerprint density at radius 3 is 2.65 bits per heavy atom. The van der Waals surface area contributed by atoms with Crippen LogP contribution in [0.2, 0.25) is 0 Å². The van der Waals surface area contributed by atoms with E-state index >= 15 is 0 Å². The summed E-state index contributed by atoms with van der Waals surface area (Å²) in [6, 6.07) is 11.1. The minimum absolute atomic E-state index is 0.167. The zero-order valence-corrected chi connectivity index (χ0v) is 13.4. The van der Waals surface area contributed by atoms with Crippen LogP contribution in [0.25, 0.3) is 0 Å². The molecule has 0 heterocycles. The quantitative estimate of drug-likeness (QED) is 0.474. The van der Waals surface area contributed by atoms with Gasteiger partial charge in [-0.2, -0.15) is 5.10 Å². The smallest absolute Gasteiger partial charge is 0.311 e. The molecule has 7 nitrogen and oxygen atoms in total. The number of nitrogens with one attached hydrogen (secondary N) is 1. The molecule has 1 amide bonds. The molecule has 2 N–H and O–H groups in total. The summed E-state index contributed by atoms with van der Waals surface area (Å²) >= 11 is 3.31. The van der Waals surface area contributed by atoms with Crippen molar-refractivity contribution >= 4 is 33.7 Å². The normalized spacial score (nSPS) is 10.7. The van der Waals surface area contributed by atoms with Gasteiger partial charge in [0, 0.05) is 16.1 Å². The Bertz CT molecular complexity index is 760. The Kier molecular flexibility index (Phi) is 5.42. The van der Waals surface area contributed by atoms with Crippen LogP contribution in [-0.4, -0.2) is 22.2 Å². The van der Waals surface area contributed by atoms with Crippen molar-refractivity contribution < 1.29 is 14.8 Å². The number of aromatic hydroxyl groups is 1. The predicted octanol–water partition coefficient (Wildman–Crippen LogP) is 2.76. The molecule has 2 aromatic carbocycles. The van der Waals surface area contributed by atoms with Crippen LogP contribution in [-0.2, 0) is 11.2 Å². The van der Waals surface area contributed by atoms with E-state index in [0.29, 0.717) is 5.56 Å².